The molecular weight excluding hydrogens is 246 g/mol. The van der Waals surface area contributed by atoms with Crippen LogP contribution < -0.4 is 5.73 Å². The third-order valence-electron chi connectivity index (χ3n) is 2.81. The zero-order valence-corrected chi connectivity index (χ0v) is 10.7. The first-order valence-electron chi connectivity index (χ1n) is 4.70. The lowest BCUT2D eigenvalue weighted by Gasteiger charge is -2.37. The molecule has 0 fully saturated rings. The van der Waals surface area contributed by atoms with E-state index in [9.17, 15) is 19.2 Å². The van der Waals surface area contributed by atoms with Gasteiger partial charge < -0.3 is 15.6 Å². The first-order chi connectivity index (χ1) is 7.70. The van der Waals surface area contributed by atoms with Gasteiger partial charge in [0, 0.05) is 5.75 Å². The van der Waals surface area contributed by atoms with Crippen molar-refractivity contribution in [1.29, 1.82) is 0 Å². The van der Waals surface area contributed by atoms with Gasteiger partial charge in [-0.25, -0.2) is 4.79 Å². The molecular formula is C10H15NO5S. The molecule has 6 nitrogen and oxygen atoms in total. The van der Waals surface area contributed by atoms with Crippen molar-refractivity contribution >= 4 is 35.6 Å². The van der Waals surface area contributed by atoms with Crippen molar-refractivity contribution < 1.29 is 24.3 Å². The van der Waals surface area contributed by atoms with Crippen LogP contribution in [0.5, 0.6) is 0 Å². The molecule has 0 amide bonds. The van der Waals surface area contributed by atoms with E-state index in [0.717, 1.165) is 25.6 Å². The highest BCUT2D eigenvalue weighted by atomic mass is 32.2. The van der Waals surface area contributed by atoms with E-state index in [-0.39, 0.29) is 12.0 Å². The average Bonchev–Trinajstić information content (AvgIpc) is 2.23. The minimum Gasteiger partial charge on any atom is -0.480 e. The van der Waals surface area contributed by atoms with Gasteiger partial charge in [-0.2, -0.15) is 11.8 Å². The van der Waals surface area contributed by atoms with Gasteiger partial charge in [-0.3, -0.25) is 9.59 Å². The molecule has 0 bridgehead atoms. The van der Waals surface area contributed by atoms with Gasteiger partial charge in [-0.1, -0.05) is 0 Å². The molecule has 0 aliphatic heterocycles. The Hall–Kier alpha value is -1.21. The van der Waals surface area contributed by atoms with E-state index in [0.29, 0.717) is 0 Å². The van der Waals surface area contributed by atoms with Crippen molar-refractivity contribution in [1.82, 2.24) is 0 Å². The lowest BCUT2D eigenvalue weighted by molar-refractivity contribution is -0.159. The van der Waals surface area contributed by atoms with Crippen LogP contribution >= 0.6 is 11.8 Å². The standard InChI is InChI=1S/C10H15NO5S/c1-6(13)9(5-17-3,7(2)14)10(11,4-12)8(15)16/h4H,5,11H2,1-3H3,(H,15,16). The monoisotopic (exact) mass is 261 g/mol. The number of thioether (sulfide) groups is 1. The zero-order chi connectivity index (χ0) is 13.9. The molecule has 1 atom stereocenters. The maximum absolute atomic E-state index is 11.7. The molecule has 0 saturated carbocycles. The minimum absolute atomic E-state index is 0.0473. The second-order valence-corrected chi connectivity index (χ2v) is 4.61. The molecule has 0 aliphatic rings. The van der Waals surface area contributed by atoms with Crippen LogP contribution in [0.4, 0.5) is 0 Å². The number of Topliss-reactive ketones (excluding diaryl/α,β-unsaturated/α-hetero) is 2. The summed E-state index contributed by atoms with van der Waals surface area (Å²) >= 11 is 1.08. The van der Waals surface area contributed by atoms with Crippen LogP contribution in [0.3, 0.4) is 0 Å². The molecule has 0 aromatic heterocycles. The van der Waals surface area contributed by atoms with Gasteiger partial charge in [0.05, 0.1) is 0 Å². The largest absolute Gasteiger partial charge is 0.480 e. The normalized spacial score (nSPS) is 14.8. The van der Waals surface area contributed by atoms with Gasteiger partial charge in [-0.05, 0) is 20.1 Å². The van der Waals surface area contributed by atoms with Crippen LogP contribution in [0.1, 0.15) is 13.8 Å². The van der Waals surface area contributed by atoms with E-state index in [1.807, 2.05) is 0 Å². The summed E-state index contributed by atoms with van der Waals surface area (Å²) in [6.45, 7) is 2.12. The molecule has 0 aromatic rings. The van der Waals surface area contributed by atoms with Crippen molar-refractivity contribution in [2.75, 3.05) is 12.0 Å². The van der Waals surface area contributed by atoms with E-state index in [4.69, 9.17) is 10.8 Å². The fourth-order valence-corrected chi connectivity index (χ4v) is 2.78. The Balaban J connectivity index is 6.07. The fraction of sp³-hybridized carbons (Fsp3) is 0.600. The number of rotatable bonds is 7. The van der Waals surface area contributed by atoms with Gasteiger partial charge in [-0.15, -0.1) is 0 Å². The van der Waals surface area contributed by atoms with Crippen LogP contribution in [0.15, 0.2) is 0 Å². The van der Waals surface area contributed by atoms with Crippen molar-refractivity contribution in [3.05, 3.63) is 0 Å². The minimum atomic E-state index is -2.53. The third kappa shape index (κ3) is 2.25. The number of aliphatic carboxylic acids is 1. The highest BCUT2D eigenvalue weighted by Gasteiger charge is 2.60. The Morgan fingerprint density at radius 1 is 1.29 bits per heavy atom. The molecule has 96 valence electrons. The number of nitrogens with two attached hydrogens (primary N) is 1. The van der Waals surface area contributed by atoms with Crippen LogP contribution in [-0.4, -0.2) is 46.5 Å². The van der Waals surface area contributed by atoms with Crippen molar-refractivity contribution in [2.24, 2.45) is 11.1 Å². The van der Waals surface area contributed by atoms with E-state index in [1.165, 1.54) is 0 Å². The van der Waals surface area contributed by atoms with E-state index < -0.39 is 28.5 Å². The topological polar surface area (TPSA) is 115 Å². The van der Waals surface area contributed by atoms with Crippen molar-refractivity contribution in [3.63, 3.8) is 0 Å². The van der Waals surface area contributed by atoms with Crippen molar-refractivity contribution in [3.8, 4) is 0 Å². The van der Waals surface area contributed by atoms with Crippen LogP contribution in [0, 0.1) is 5.41 Å². The summed E-state index contributed by atoms with van der Waals surface area (Å²) in [5, 5.41) is 9.02. The number of hydrogen-bond acceptors (Lipinski definition) is 6. The van der Waals surface area contributed by atoms with Crippen LogP contribution in [-0.2, 0) is 19.2 Å². The van der Waals surface area contributed by atoms with Gasteiger partial charge in [0.15, 0.2) is 11.8 Å². The maximum atomic E-state index is 11.7. The SMILES string of the molecule is CSCC(C(C)=O)(C(C)=O)C(N)(C=O)C(=O)O. The predicted molar refractivity (Wildman–Crippen MR) is 62.8 cm³/mol. The lowest BCUT2D eigenvalue weighted by Crippen LogP contribution is -2.69. The average molecular weight is 261 g/mol. The number of carbonyl (C=O) groups is 4. The summed E-state index contributed by atoms with van der Waals surface area (Å²) in [5.74, 6) is -3.29. The number of carbonyl (C=O) groups excluding carboxylic acids is 3. The second-order valence-electron chi connectivity index (χ2n) is 3.74. The number of aldehydes is 1. The molecule has 1 unspecified atom stereocenters. The first-order valence-corrected chi connectivity index (χ1v) is 6.09. The molecule has 0 rings (SSSR count). The third-order valence-corrected chi connectivity index (χ3v) is 3.53. The second kappa shape index (κ2) is 5.42. The predicted octanol–water partition coefficient (Wildman–Crippen LogP) is -0.505. The molecule has 0 heterocycles. The summed E-state index contributed by atoms with van der Waals surface area (Å²) in [4.78, 5) is 45.4. The Labute approximate surface area is 103 Å². The maximum Gasteiger partial charge on any atom is 0.332 e. The zero-order valence-electron chi connectivity index (χ0n) is 9.85. The van der Waals surface area contributed by atoms with Gasteiger partial charge in [0.1, 0.15) is 17.0 Å². The van der Waals surface area contributed by atoms with E-state index in [1.54, 1.807) is 6.26 Å². The van der Waals surface area contributed by atoms with Gasteiger partial charge in [0.2, 0.25) is 0 Å². The molecule has 0 spiro atoms. The quantitative estimate of drug-likeness (QED) is 0.468. The summed E-state index contributed by atoms with van der Waals surface area (Å²) < 4.78 is 0. The highest BCUT2D eigenvalue weighted by molar-refractivity contribution is 7.98. The van der Waals surface area contributed by atoms with Gasteiger partial charge in [0.25, 0.3) is 0 Å². The number of carboxylic acid groups (broad SMARTS) is 1. The Bertz CT molecular complexity index is 354. The Morgan fingerprint density at radius 2 is 1.71 bits per heavy atom. The molecule has 17 heavy (non-hydrogen) atoms. The van der Waals surface area contributed by atoms with Crippen LogP contribution in [0.25, 0.3) is 0 Å². The van der Waals surface area contributed by atoms with Crippen LogP contribution in [0.2, 0.25) is 0 Å². The smallest absolute Gasteiger partial charge is 0.332 e. The molecule has 7 heteroatoms. The Morgan fingerprint density at radius 3 is 1.88 bits per heavy atom. The highest BCUT2D eigenvalue weighted by Crippen LogP contribution is 2.34. The summed E-state index contributed by atoms with van der Waals surface area (Å²) in [7, 11) is 0. The number of carboxylic acids is 1. The number of hydrogen-bond donors (Lipinski definition) is 2. The summed E-state index contributed by atoms with van der Waals surface area (Å²) in [6, 6.07) is 0. The molecule has 0 radical (unpaired) electrons. The van der Waals surface area contributed by atoms with Crippen molar-refractivity contribution in [2.45, 2.75) is 19.4 Å². The molecule has 0 aromatic carbocycles. The lowest BCUT2D eigenvalue weighted by atomic mass is 9.66. The molecule has 0 saturated heterocycles. The fourth-order valence-electron chi connectivity index (χ4n) is 1.70. The summed E-state index contributed by atoms with van der Waals surface area (Å²) in [5.41, 5.74) is 0.923. The summed E-state index contributed by atoms with van der Waals surface area (Å²) in [6.07, 6.45) is 1.54. The van der Waals surface area contributed by atoms with E-state index in [2.05, 4.69) is 0 Å². The van der Waals surface area contributed by atoms with Gasteiger partial charge >= 0.3 is 5.97 Å². The number of ketones is 2. The molecule has 0 aliphatic carbocycles. The Kier molecular flexibility index (Phi) is 5.03. The first kappa shape index (κ1) is 15.8. The molecule has 3 N–H and O–H groups in total. The van der Waals surface area contributed by atoms with E-state index >= 15 is 0 Å².